The lowest BCUT2D eigenvalue weighted by molar-refractivity contribution is -0.161. The van der Waals surface area contributed by atoms with Crippen LogP contribution in [0.4, 0.5) is 0 Å². The fourth-order valence-electron chi connectivity index (χ4n) is 3.89. The minimum absolute atomic E-state index is 0.165. The Labute approximate surface area is 240 Å². The molecule has 3 unspecified atom stereocenters. The number of phosphoric ester groups is 1. The molecule has 4 N–H and O–H groups in total. The van der Waals surface area contributed by atoms with Crippen LogP contribution in [-0.4, -0.2) is 59.9 Å². The lowest BCUT2D eigenvalue weighted by Crippen LogP contribution is -2.34. The Kier molecular flexibility index (Phi) is 24.3. The van der Waals surface area contributed by atoms with Gasteiger partial charge in [0.2, 0.25) is 0 Å². The molecule has 0 saturated heterocycles. The van der Waals surface area contributed by atoms with Gasteiger partial charge < -0.3 is 25.2 Å². The number of hydrogen-bond acceptors (Lipinski definition) is 9. The van der Waals surface area contributed by atoms with E-state index in [2.05, 4.69) is 18.4 Å². The van der Waals surface area contributed by atoms with Gasteiger partial charge in [-0.1, -0.05) is 104 Å². The highest BCUT2D eigenvalue weighted by Crippen LogP contribution is 2.43. The van der Waals surface area contributed by atoms with Gasteiger partial charge in [0.15, 0.2) is 6.10 Å². The Morgan fingerprint density at radius 2 is 1.10 bits per heavy atom. The Bertz CT molecular complexity index is 721. The van der Waals surface area contributed by atoms with E-state index < -0.39 is 51.1 Å². The number of hydrogen-bond donors (Lipinski definition) is 3. The average molecular weight is 596 g/mol. The predicted molar refractivity (Wildman–Crippen MR) is 153 cm³/mol. The van der Waals surface area contributed by atoms with Crippen molar-refractivity contribution < 1.29 is 47.5 Å². The van der Waals surface area contributed by atoms with Crippen LogP contribution >= 0.6 is 7.82 Å². The van der Waals surface area contributed by atoms with Gasteiger partial charge in [-0.3, -0.25) is 23.4 Å². The van der Waals surface area contributed by atoms with E-state index in [9.17, 15) is 23.8 Å². The number of phosphoric acid groups is 1. The van der Waals surface area contributed by atoms with Gasteiger partial charge in [0, 0.05) is 12.8 Å². The summed E-state index contributed by atoms with van der Waals surface area (Å²) in [5.74, 6) is -2.39. The van der Waals surface area contributed by atoms with Crippen molar-refractivity contribution in [2.45, 2.75) is 142 Å². The summed E-state index contributed by atoms with van der Waals surface area (Å²) in [7, 11) is -4.68. The molecule has 12 heteroatoms. The first kappa shape index (κ1) is 38.5. The third-order valence-electron chi connectivity index (χ3n) is 6.36. The Morgan fingerprint density at radius 3 is 1.57 bits per heavy atom. The monoisotopic (exact) mass is 595 g/mol. The molecule has 11 nitrogen and oxygen atoms in total. The van der Waals surface area contributed by atoms with Crippen LogP contribution in [0.2, 0.25) is 0 Å². The van der Waals surface area contributed by atoms with Gasteiger partial charge in [-0.2, -0.15) is 0 Å². The molecule has 0 bridgehead atoms. The molecule has 0 aliphatic heterocycles. The number of carboxylic acid groups (broad SMARTS) is 1. The zero-order chi connectivity index (χ0) is 30.1. The van der Waals surface area contributed by atoms with Gasteiger partial charge in [-0.25, -0.2) is 4.57 Å². The fraction of sp³-hybridized carbons (Fsp3) is 0.893. The molecule has 0 spiro atoms. The number of carboxylic acids is 1. The van der Waals surface area contributed by atoms with Crippen LogP contribution in [0.25, 0.3) is 0 Å². The second-order valence-corrected chi connectivity index (χ2v) is 11.7. The normalized spacial score (nSPS) is 14.3. The van der Waals surface area contributed by atoms with E-state index in [4.69, 9.17) is 24.8 Å². The minimum atomic E-state index is -4.68. The fourth-order valence-corrected chi connectivity index (χ4v) is 4.66. The highest BCUT2D eigenvalue weighted by Gasteiger charge is 2.28. The molecule has 0 radical (unpaired) electrons. The topological polar surface area (TPSA) is 172 Å². The van der Waals surface area contributed by atoms with Crippen molar-refractivity contribution in [3.63, 3.8) is 0 Å². The zero-order valence-corrected chi connectivity index (χ0v) is 25.6. The van der Waals surface area contributed by atoms with Crippen molar-refractivity contribution in [3.8, 4) is 0 Å². The van der Waals surface area contributed by atoms with Crippen LogP contribution < -0.4 is 5.73 Å². The quantitative estimate of drug-likeness (QED) is 0.0546. The van der Waals surface area contributed by atoms with E-state index >= 15 is 0 Å². The summed E-state index contributed by atoms with van der Waals surface area (Å²) < 4.78 is 32.2. The van der Waals surface area contributed by atoms with Crippen LogP contribution in [0.5, 0.6) is 0 Å². The number of carbonyl (C=O) groups excluding carboxylic acids is 2. The molecule has 0 aromatic rings. The summed E-state index contributed by atoms with van der Waals surface area (Å²) in [6.45, 7) is 2.68. The van der Waals surface area contributed by atoms with Crippen molar-refractivity contribution in [1.82, 2.24) is 0 Å². The number of unbranched alkanes of at least 4 members (excludes halogenated alkanes) is 14. The molecule has 0 aliphatic rings. The van der Waals surface area contributed by atoms with Gasteiger partial charge in [0.1, 0.15) is 12.6 Å². The first-order valence-electron chi connectivity index (χ1n) is 15.1. The summed E-state index contributed by atoms with van der Waals surface area (Å²) in [6.07, 6.45) is 16.5. The SMILES string of the molecule is CCCCCCCCCCC(=O)OCC(COP(=O)(O)OCC(N)C(=O)O)OC(=O)CCCCCCCCCC. The summed E-state index contributed by atoms with van der Waals surface area (Å²) >= 11 is 0. The number of ether oxygens (including phenoxy) is 2. The zero-order valence-electron chi connectivity index (χ0n) is 24.7. The van der Waals surface area contributed by atoms with Gasteiger partial charge in [0.05, 0.1) is 13.2 Å². The number of rotatable bonds is 28. The molecule has 0 aromatic carbocycles. The largest absolute Gasteiger partial charge is 0.480 e. The van der Waals surface area contributed by atoms with Gasteiger partial charge in [-0.05, 0) is 12.8 Å². The van der Waals surface area contributed by atoms with Gasteiger partial charge >= 0.3 is 25.7 Å². The van der Waals surface area contributed by atoms with Gasteiger partial charge in [0.25, 0.3) is 0 Å². The molecule has 0 amide bonds. The summed E-state index contributed by atoms with van der Waals surface area (Å²) in [5.41, 5.74) is 5.27. The number of nitrogens with two attached hydrogens (primary N) is 1. The third-order valence-corrected chi connectivity index (χ3v) is 7.31. The Hall–Kier alpha value is -1.52. The van der Waals surface area contributed by atoms with Crippen molar-refractivity contribution in [2.75, 3.05) is 19.8 Å². The van der Waals surface area contributed by atoms with E-state index in [0.29, 0.717) is 12.8 Å². The molecule has 0 heterocycles. The van der Waals surface area contributed by atoms with Crippen molar-refractivity contribution in [3.05, 3.63) is 0 Å². The maximum absolute atomic E-state index is 12.4. The Balaban J connectivity index is 4.57. The molecular formula is C28H54NO10P. The molecule has 0 aromatic heterocycles. The second kappa shape index (κ2) is 25.2. The predicted octanol–water partition coefficient (Wildman–Crippen LogP) is 6.05. The van der Waals surface area contributed by atoms with E-state index in [1.165, 1.54) is 51.4 Å². The van der Waals surface area contributed by atoms with E-state index in [0.717, 1.165) is 38.5 Å². The van der Waals surface area contributed by atoms with Gasteiger partial charge in [-0.15, -0.1) is 0 Å². The lowest BCUT2D eigenvalue weighted by atomic mass is 10.1. The van der Waals surface area contributed by atoms with Crippen LogP contribution in [0.3, 0.4) is 0 Å². The maximum Gasteiger partial charge on any atom is 0.472 e. The number of carbonyl (C=O) groups is 3. The Morgan fingerprint density at radius 1 is 0.675 bits per heavy atom. The van der Waals surface area contributed by atoms with Crippen LogP contribution in [0.15, 0.2) is 0 Å². The summed E-state index contributed by atoms with van der Waals surface area (Å²) in [5, 5.41) is 8.78. The highest BCUT2D eigenvalue weighted by molar-refractivity contribution is 7.47. The maximum atomic E-state index is 12.4. The number of aliphatic carboxylic acids is 1. The van der Waals surface area contributed by atoms with Crippen molar-refractivity contribution in [2.24, 2.45) is 5.73 Å². The van der Waals surface area contributed by atoms with E-state index in [1.54, 1.807) is 0 Å². The average Bonchev–Trinajstić information content (AvgIpc) is 2.91. The molecule has 3 atom stereocenters. The van der Waals surface area contributed by atoms with Crippen molar-refractivity contribution >= 4 is 25.7 Å². The van der Waals surface area contributed by atoms with Crippen molar-refractivity contribution in [1.29, 1.82) is 0 Å². The van der Waals surface area contributed by atoms with E-state index in [1.807, 2.05) is 0 Å². The first-order valence-corrected chi connectivity index (χ1v) is 16.6. The van der Waals surface area contributed by atoms with E-state index in [-0.39, 0.29) is 19.4 Å². The first-order chi connectivity index (χ1) is 19.1. The molecule has 0 rings (SSSR count). The number of esters is 2. The molecule has 0 fully saturated rings. The highest BCUT2D eigenvalue weighted by atomic mass is 31.2. The summed E-state index contributed by atoms with van der Waals surface area (Å²) in [6, 6.07) is -1.51. The standard InChI is InChI=1S/C28H54NO10P/c1-3-5-7-9-11-13-15-17-19-26(30)36-21-24(22-37-40(34,35)38-23-25(29)28(32)33)39-27(31)20-18-16-14-12-10-8-6-4-2/h24-25H,3-23,29H2,1-2H3,(H,32,33)(H,34,35). The minimum Gasteiger partial charge on any atom is -0.480 e. The summed E-state index contributed by atoms with van der Waals surface area (Å²) in [4.78, 5) is 45.2. The third kappa shape index (κ3) is 24.3. The molecule has 236 valence electrons. The van der Waals surface area contributed by atoms with Crippen LogP contribution in [-0.2, 0) is 37.5 Å². The molecule has 0 aliphatic carbocycles. The van der Waals surface area contributed by atoms with Crippen LogP contribution in [0.1, 0.15) is 129 Å². The van der Waals surface area contributed by atoms with Crippen LogP contribution in [0, 0.1) is 0 Å². The molecule has 40 heavy (non-hydrogen) atoms. The second-order valence-electron chi connectivity index (χ2n) is 10.2. The smallest absolute Gasteiger partial charge is 0.472 e. The molecule has 0 saturated carbocycles. The lowest BCUT2D eigenvalue weighted by Gasteiger charge is -2.20. The molecular weight excluding hydrogens is 541 g/mol.